The number of fused-ring (bicyclic) bond motifs is 1. The lowest BCUT2D eigenvalue weighted by Crippen LogP contribution is -2.43. The summed E-state index contributed by atoms with van der Waals surface area (Å²) in [5.41, 5.74) is 2.72. The minimum Gasteiger partial charge on any atom is -0.408 e. The Hall–Kier alpha value is -1.55. The van der Waals surface area contributed by atoms with E-state index in [9.17, 15) is 4.79 Å². The van der Waals surface area contributed by atoms with E-state index in [1.165, 1.54) is 10.1 Å². The van der Waals surface area contributed by atoms with Gasteiger partial charge < -0.3 is 9.73 Å². The van der Waals surface area contributed by atoms with Crippen LogP contribution in [0.5, 0.6) is 0 Å². The lowest BCUT2D eigenvalue weighted by Gasteiger charge is -2.35. The summed E-state index contributed by atoms with van der Waals surface area (Å²) in [5, 5.41) is 3.37. The second kappa shape index (κ2) is 3.22. The van der Waals surface area contributed by atoms with Crippen LogP contribution in [0.3, 0.4) is 0 Å². The molecule has 1 aliphatic heterocycles. The van der Waals surface area contributed by atoms with Gasteiger partial charge in [0, 0.05) is 19.6 Å². The van der Waals surface area contributed by atoms with E-state index in [0.717, 1.165) is 12.1 Å². The van der Waals surface area contributed by atoms with Gasteiger partial charge in [0.15, 0.2) is 5.58 Å². The zero-order valence-electron chi connectivity index (χ0n) is 9.36. The predicted molar refractivity (Wildman–Crippen MR) is 61.4 cm³/mol. The Morgan fingerprint density at radius 3 is 2.94 bits per heavy atom. The zero-order chi connectivity index (χ0) is 11.3. The molecule has 1 fully saturated rings. The smallest absolute Gasteiger partial charge is 0.408 e. The van der Waals surface area contributed by atoms with Gasteiger partial charge in [-0.25, -0.2) is 4.79 Å². The summed E-state index contributed by atoms with van der Waals surface area (Å²) >= 11 is 0. The van der Waals surface area contributed by atoms with Gasteiger partial charge in [0.25, 0.3) is 0 Å². The Kier molecular flexibility index (Phi) is 1.94. The van der Waals surface area contributed by atoms with Gasteiger partial charge >= 0.3 is 5.76 Å². The molecule has 84 valence electrons. The van der Waals surface area contributed by atoms with Crippen LogP contribution in [-0.2, 0) is 7.05 Å². The van der Waals surface area contributed by atoms with Crippen LogP contribution in [0, 0.1) is 5.92 Å². The predicted octanol–water partition coefficient (Wildman–Crippen LogP) is 1.41. The molecule has 1 aromatic carbocycles. The van der Waals surface area contributed by atoms with Gasteiger partial charge in [0.2, 0.25) is 0 Å². The Labute approximate surface area is 92.9 Å². The Morgan fingerprint density at radius 2 is 2.31 bits per heavy atom. The molecule has 2 atom stereocenters. The Morgan fingerprint density at radius 1 is 1.50 bits per heavy atom. The largest absolute Gasteiger partial charge is 0.419 e. The van der Waals surface area contributed by atoms with Crippen molar-refractivity contribution in [1.29, 1.82) is 0 Å². The van der Waals surface area contributed by atoms with E-state index in [-0.39, 0.29) is 5.76 Å². The Balaban J connectivity index is 2.12. The van der Waals surface area contributed by atoms with E-state index in [1.807, 2.05) is 12.1 Å². The number of rotatable bonds is 1. The van der Waals surface area contributed by atoms with Crippen molar-refractivity contribution in [1.82, 2.24) is 9.88 Å². The highest BCUT2D eigenvalue weighted by atomic mass is 16.4. The normalized spacial score (nSPS) is 24.6. The van der Waals surface area contributed by atoms with Gasteiger partial charge in [-0.1, -0.05) is 13.0 Å². The highest BCUT2D eigenvalue weighted by Crippen LogP contribution is 2.30. The van der Waals surface area contributed by atoms with Crippen molar-refractivity contribution in [3.63, 3.8) is 0 Å². The van der Waals surface area contributed by atoms with Crippen LogP contribution in [0.15, 0.2) is 27.4 Å². The standard InChI is InChI=1S/C12H14N2O2/c1-7-6-13-11(7)8-3-4-9-10(5-8)16-12(15)14(9)2/h3-5,7,11,13H,6H2,1-2H3. The number of hydrogen-bond donors (Lipinski definition) is 1. The fraction of sp³-hybridized carbons (Fsp3) is 0.417. The first-order valence-electron chi connectivity index (χ1n) is 5.49. The van der Waals surface area contributed by atoms with Crippen LogP contribution in [-0.4, -0.2) is 11.1 Å². The maximum Gasteiger partial charge on any atom is 0.419 e. The second-order valence-corrected chi connectivity index (χ2v) is 4.52. The summed E-state index contributed by atoms with van der Waals surface area (Å²) in [7, 11) is 1.72. The average molecular weight is 218 g/mol. The minimum atomic E-state index is -0.304. The Bertz CT molecular complexity index is 597. The molecule has 16 heavy (non-hydrogen) atoms. The molecule has 1 aromatic heterocycles. The lowest BCUT2D eigenvalue weighted by molar-refractivity contribution is 0.258. The fourth-order valence-corrected chi connectivity index (χ4v) is 2.26. The summed E-state index contributed by atoms with van der Waals surface area (Å²) in [5.74, 6) is 0.342. The second-order valence-electron chi connectivity index (χ2n) is 4.52. The van der Waals surface area contributed by atoms with Crippen molar-refractivity contribution in [2.45, 2.75) is 13.0 Å². The molecule has 2 heterocycles. The molecule has 3 rings (SSSR count). The van der Waals surface area contributed by atoms with Gasteiger partial charge in [-0.05, 0) is 23.6 Å². The molecule has 4 heteroatoms. The van der Waals surface area contributed by atoms with E-state index < -0.39 is 0 Å². The number of aromatic nitrogens is 1. The number of nitrogens with one attached hydrogen (secondary N) is 1. The first-order valence-corrected chi connectivity index (χ1v) is 5.49. The zero-order valence-corrected chi connectivity index (χ0v) is 9.36. The van der Waals surface area contributed by atoms with Gasteiger partial charge in [-0.15, -0.1) is 0 Å². The average Bonchev–Trinajstić information content (AvgIpc) is 2.53. The molecule has 0 aliphatic carbocycles. The molecular formula is C12H14N2O2. The molecule has 1 N–H and O–H groups in total. The van der Waals surface area contributed by atoms with Crippen molar-refractivity contribution < 1.29 is 4.42 Å². The third-order valence-electron chi connectivity index (χ3n) is 3.40. The molecule has 2 unspecified atom stereocenters. The third kappa shape index (κ3) is 1.23. The van der Waals surface area contributed by atoms with E-state index in [1.54, 1.807) is 7.05 Å². The fourth-order valence-electron chi connectivity index (χ4n) is 2.26. The van der Waals surface area contributed by atoms with Crippen LogP contribution in [0.1, 0.15) is 18.5 Å². The van der Waals surface area contributed by atoms with Crippen LogP contribution in [0.2, 0.25) is 0 Å². The molecule has 0 saturated carbocycles. The highest BCUT2D eigenvalue weighted by molar-refractivity contribution is 5.73. The summed E-state index contributed by atoms with van der Waals surface area (Å²) in [6.07, 6.45) is 0. The summed E-state index contributed by atoms with van der Waals surface area (Å²) in [6.45, 7) is 3.27. The summed E-state index contributed by atoms with van der Waals surface area (Å²) in [4.78, 5) is 11.3. The van der Waals surface area contributed by atoms with Gasteiger partial charge in [0.05, 0.1) is 5.52 Å². The number of aryl methyl sites for hydroxylation is 1. The monoisotopic (exact) mass is 218 g/mol. The van der Waals surface area contributed by atoms with Crippen LogP contribution in [0.4, 0.5) is 0 Å². The molecule has 0 amide bonds. The van der Waals surface area contributed by atoms with Crippen LogP contribution < -0.4 is 11.1 Å². The van der Waals surface area contributed by atoms with Crippen molar-refractivity contribution in [2.75, 3.05) is 6.54 Å². The van der Waals surface area contributed by atoms with E-state index in [0.29, 0.717) is 17.5 Å². The van der Waals surface area contributed by atoms with Crippen molar-refractivity contribution in [3.05, 3.63) is 34.3 Å². The van der Waals surface area contributed by atoms with Crippen LogP contribution >= 0.6 is 0 Å². The van der Waals surface area contributed by atoms with Gasteiger partial charge in [0.1, 0.15) is 0 Å². The molecule has 2 aromatic rings. The molecule has 1 aliphatic rings. The van der Waals surface area contributed by atoms with Crippen molar-refractivity contribution in [3.8, 4) is 0 Å². The number of hydrogen-bond acceptors (Lipinski definition) is 3. The maximum absolute atomic E-state index is 11.3. The number of nitrogens with zero attached hydrogens (tertiary/aromatic N) is 1. The first kappa shape index (κ1) is 9.66. The summed E-state index contributed by atoms with van der Waals surface area (Å²) < 4.78 is 6.70. The third-order valence-corrected chi connectivity index (χ3v) is 3.40. The summed E-state index contributed by atoms with van der Waals surface area (Å²) in [6, 6.07) is 6.37. The maximum atomic E-state index is 11.3. The molecule has 4 nitrogen and oxygen atoms in total. The van der Waals surface area contributed by atoms with Crippen molar-refractivity contribution in [2.24, 2.45) is 13.0 Å². The van der Waals surface area contributed by atoms with Gasteiger partial charge in [-0.3, -0.25) is 4.57 Å². The van der Waals surface area contributed by atoms with E-state index in [2.05, 4.69) is 18.3 Å². The molecule has 0 spiro atoms. The minimum absolute atomic E-state index is 0.304. The topological polar surface area (TPSA) is 47.2 Å². The quantitative estimate of drug-likeness (QED) is 0.787. The van der Waals surface area contributed by atoms with E-state index in [4.69, 9.17) is 4.42 Å². The molecular weight excluding hydrogens is 204 g/mol. The van der Waals surface area contributed by atoms with Crippen molar-refractivity contribution >= 4 is 11.1 Å². The lowest BCUT2D eigenvalue weighted by atomic mass is 9.88. The first-order chi connectivity index (χ1) is 7.66. The molecule has 1 saturated heterocycles. The number of benzene rings is 1. The van der Waals surface area contributed by atoms with E-state index >= 15 is 0 Å². The SMILES string of the molecule is CC1CNC1c1ccc2c(c1)oc(=O)n2C. The van der Waals surface area contributed by atoms with Gasteiger partial charge in [-0.2, -0.15) is 0 Å². The highest BCUT2D eigenvalue weighted by Gasteiger charge is 2.27. The number of oxazole rings is 1. The van der Waals surface area contributed by atoms with Crippen LogP contribution in [0.25, 0.3) is 11.1 Å². The molecule has 0 bridgehead atoms. The molecule has 0 radical (unpaired) electrons.